The molecule has 0 radical (unpaired) electrons. The number of benzene rings is 1. The molecule has 1 saturated heterocycles. The monoisotopic (exact) mass is 506 g/mol. The van der Waals surface area contributed by atoms with Crippen molar-refractivity contribution < 1.29 is 32.9 Å². The predicted octanol–water partition coefficient (Wildman–Crippen LogP) is 2.60. The third-order valence-electron chi connectivity index (χ3n) is 6.36. The Morgan fingerprint density at radius 1 is 1.22 bits per heavy atom. The molecule has 3 heterocycles. The number of hydrogen-bond donors (Lipinski definition) is 3. The Kier molecular flexibility index (Phi) is 6.76. The number of aromatic amines is 1. The van der Waals surface area contributed by atoms with Crippen molar-refractivity contribution in [2.24, 2.45) is 5.41 Å². The molecule has 2 aromatic heterocycles. The van der Waals surface area contributed by atoms with E-state index in [1.165, 1.54) is 43.0 Å². The van der Waals surface area contributed by atoms with Gasteiger partial charge in [0.2, 0.25) is 0 Å². The van der Waals surface area contributed by atoms with Crippen LogP contribution in [0.3, 0.4) is 0 Å². The quantitative estimate of drug-likeness (QED) is 0.469. The van der Waals surface area contributed by atoms with Gasteiger partial charge in [-0.05, 0) is 50.6 Å². The Morgan fingerprint density at radius 2 is 1.89 bits per heavy atom. The second-order valence-electron chi connectivity index (χ2n) is 9.02. The Morgan fingerprint density at radius 3 is 2.47 bits per heavy atom. The third kappa shape index (κ3) is 4.91. The highest BCUT2D eigenvalue weighted by atomic mass is 19.4. The number of likely N-dealkylation sites (tertiary alicyclic amines) is 1. The first-order valence-electron chi connectivity index (χ1n) is 11.2. The number of halogens is 3. The molecule has 4 rings (SSSR count). The number of rotatable bonds is 6. The van der Waals surface area contributed by atoms with E-state index in [1.54, 1.807) is 0 Å². The first-order valence-corrected chi connectivity index (χ1v) is 11.2. The fourth-order valence-electron chi connectivity index (χ4n) is 4.27. The number of aliphatic hydroxyl groups excluding tert-OH is 2. The molecule has 1 aliphatic rings. The number of alkyl halides is 3. The lowest BCUT2D eigenvalue weighted by molar-refractivity contribution is -0.142. The molecular weight excluding hydrogens is 481 g/mol. The molecule has 0 spiro atoms. The van der Waals surface area contributed by atoms with Gasteiger partial charge in [-0.2, -0.15) is 13.2 Å². The molecule has 0 bridgehead atoms. The number of aliphatic hydroxyl groups is 2. The van der Waals surface area contributed by atoms with Crippen LogP contribution in [-0.2, 0) is 6.18 Å². The van der Waals surface area contributed by atoms with E-state index in [0.29, 0.717) is 18.5 Å². The first-order chi connectivity index (χ1) is 17.0. The average Bonchev–Trinajstić information content (AvgIpc) is 3.28. The molecule has 1 atom stereocenters. The molecule has 1 aliphatic heterocycles. The summed E-state index contributed by atoms with van der Waals surface area (Å²) in [6.45, 7) is 2.99. The summed E-state index contributed by atoms with van der Waals surface area (Å²) in [6.07, 6.45) is -5.46. The first kappa shape index (κ1) is 25.6. The van der Waals surface area contributed by atoms with Crippen LogP contribution in [0.15, 0.2) is 35.1 Å². The number of ether oxygens (including phenoxy) is 1. The van der Waals surface area contributed by atoms with E-state index in [4.69, 9.17) is 4.74 Å². The number of pyridine rings is 1. The van der Waals surface area contributed by atoms with Gasteiger partial charge in [-0.25, -0.2) is 9.97 Å². The van der Waals surface area contributed by atoms with Crippen molar-refractivity contribution in [2.45, 2.75) is 32.5 Å². The molecule has 36 heavy (non-hydrogen) atoms. The maximum atomic E-state index is 13.8. The summed E-state index contributed by atoms with van der Waals surface area (Å²) in [4.78, 5) is 36.6. The van der Waals surface area contributed by atoms with Gasteiger partial charge in [0.1, 0.15) is 17.7 Å². The van der Waals surface area contributed by atoms with Crippen LogP contribution in [0.25, 0.3) is 11.0 Å². The maximum Gasteiger partial charge on any atom is 0.433 e. The average molecular weight is 506 g/mol. The Balaban J connectivity index is 1.57. The minimum absolute atomic E-state index is 0.0903. The van der Waals surface area contributed by atoms with E-state index in [2.05, 4.69) is 15.0 Å². The highest BCUT2D eigenvalue weighted by Crippen LogP contribution is 2.36. The van der Waals surface area contributed by atoms with Crippen LogP contribution in [0, 0.1) is 12.3 Å². The topological polar surface area (TPSA) is 129 Å². The number of fused-ring (bicyclic) bond motifs is 1. The van der Waals surface area contributed by atoms with E-state index in [0.717, 1.165) is 6.07 Å². The number of carbonyl (C=O) groups excluding carboxylic acids is 1. The smallest absolute Gasteiger partial charge is 0.433 e. The number of hydrogen-bond acceptors (Lipinski definition) is 7. The molecule has 1 aromatic carbocycles. The van der Waals surface area contributed by atoms with Gasteiger partial charge in [-0.15, -0.1) is 0 Å². The number of carbonyl (C=O) groups is 1. The van der Waals surface area contributed by atoms with Crippen LogP contribution in [0.5, 0.6) is 5.75 Å². The third-order valence-corrected chi connectivity index (χ3v) is 6.36. The van der Waals surface area contributed by atoms with Crippen LogP contribution < -0.4 is 10.3 Å². The molecule has 3 aromatic rings. The second-order valence-corrected chi connectivity index (χ2v) is 9.02. The zero-order valence-corrected chi connectivity index (χ0v) is 19.6. The summed E-state index contributed by atoms with van der Waals surface area (Å²) in [7, 11) is 0. The van der Waals surface area contributed by atoms with Gasteiger partial charge in [0, 0.05) is 29.6 Å². The zero-order chi connectivity index (χ0) is 26.3. The fourth-order valence-corrected chi connectivity index (χ4v) is 4.27. The van der Waals surface area contributed by atoms with E-state index < -0.39 is 28.9 Å². The van der Waals surface area contributed by atoms with Crippen LogP contribution in [-0.4, -0.2) is 62.3 Å². The van der Waals surface area contributed by atoms with Gasteiger partial charge in [0.15, 0.2) is 11.3 Å². The summed E-state index contributed by atoms with van der Waals surface area (Å²) in [5.41, 5.74) is -2.84. The molecule has 3 N–H and O–H groups in total. The highest BCUT2D eigenvalue weighted by molar-refractivity contribution is 5.94. The molecule has 0 aliphatic carbocycles. The molecule has 9 nitrogen and oxygen atoms in total. The number of nitrogens with zero attached hydrogens (tertiary/aromatic N) is 3. The molecule has 0 saturated carbocycles. The number of nitrogens with one attached hydrogen (secondary N) is 1. The number of aromatic nitrogens is 3. The Labute approximate surface area is 203 Å². The largest absolute Gasteiger partial charge is 0.486 e. The van der Waals surface area contributed by atoms with Crippen molar-refractivity contribution >= 4 is 16.9 Å². The lowest BCUT2D eigenvalue weighted by atomic mass is 9.89. The van der Waals surface area contributed by atoms with Gasteiger partial charge in [0.25, 0.3) is 11.5 Å². The van der Waals surface area contributed by atoms with Crippen molar-refractivity contribution in [1.29, 1.82) is 0 Å². The molecule has 12 heteroatoms. The van der Waals surface area contributed by atoms with Crippen molar-refractivity contribution in [1.82, 2.24) is 19.9 Å². The van der Waals surface area contributed by atoms with Gasteiger partial charge in [0.05, 0.1) is 18.6 Å². The molecule has 192 valence electrons. The molecule has 1 fully saturated rings. The number of amides is 1. The van der Waals surface area contributed by atoms with Crippen molar-refractivity contribution in [3.63, 3.8) is 0 Å². The Hall–Kier alpha value is -3.51. The molecule has 0 unspecified atom stereocenters. The summed E-state index contributed by atoms with van der Waals surface area (Å²) in [6, 6.07) is 6.99. The highest BCUT2D eigenvalue weighted by Gasteiger charge is 2.40. The van der Waals surface area contributed by atoms with Crippen LogP contribution in [0.4, 0.5) is 13.2 Å². The van der Waals surface area contributed by atoms with E-state index in [-0.39, 0.29) is 53.8 Å². The van der Waals surface area contributed by atoms with Crippen molar-refractivity contribution in [3.05, 3.63) is 63.3 Å². The number of H-pyrrole nitrogens is 1. The standard InChI is InChI=1S/C24H25F3N4O5/c1-13(17-9-18-20(28-14(2)29-21(18)34)30-19(17)24(25,26)27)36-16-5-3-15(4-6-16)22(35)31-8-7-23(10-31,11-32)12-33/h3-6,9,13,32-33H,7-8,10-12H2,1-2H3,(H,28,29,30,34)/t13-/m0/s1. The van der Waals surface area contributed by atoms with Crippen LogP contribution in [0.1, 0.15) is 46.9 Å². The zero-order valence-electron chi connectivity index (χ0n) is 19.6. The van der Waals surface area contributed by atoms with Crippen molar-refractivity contribution in [3.8, 4) is 5.75 Å². The SMILES string of the molecule is Cc1nc2nc(C(F)(F)F)c([C@H](C)Oc3ccc(C(=O)N4CCC(CO)(CO)C4)cc3)cc2c(=O)[nH]1. The van der Waals surface area contributed by atoms with Crippen molar-refractivity contribution in [2.75, 3.05) is 26.3 Å². The summed E-state index contributed by atoms with van der Waals surface area (Å²) < 4.78 is 47.0. The minimum Gasteiger partial charge on any atom is -0.486 e. The van der Waals surface area contributed by atoms with Gasteiger partial charge in [-0.3, -0.25) is 9.59 Å². The molecular formula is C24H25F3N4O5. The van der Waals surface area contributed by atoms with Crippen LogP contribution in [0.2, 0.25) is 0 Å². The van der Waals surface area contributed by atoms with Crippen LogP contribution >= 0.6 is 0 Å². The summed E-state index contributed by atoms with van der Waals surface area (Å²) in [5, 5.41) is 19.0. The fraction of sp³-hybridized carbons (Fsp3) is 0.417. The maximum absolute atomic E-state index is 13.8. The second kappa shape index (κ2) is 9.51. The summed E-state index contributed by atoms with van der Waals surface area (Å²) >= 11 is 0. The lowest BCUT2D eigenvalue weighted by Gasteiger charge is -2.24. The predicted molar refractivity (Wildman–Crippen MR) is 123 cm³/mol. The number of aryl methyl sites for hydroxylation is 1. The van der Waals surface area contributed by atoms with E-state index in [9.17, 15) is 33.0 Å². The molecule has 1 amide bonds. The minimum atomic E-state index is -4.80. The van der Waals surface area contributed by atoms with E-state index in [1.807, 2.05) is 0 Å². The normalized spacial score (nSPS) is 16.4. The Bertz CT molecular complexity index is 1340. The lowest BCUT2D eigenvalue weighted by Crippen LogP contribution is -2.36. The van der Waals surface area contributed by atoms with E-state index >= 15 is 0 Å². The van der Waals surface area contributed by atoms with Gasteiger partial charge >= 0.3 is 6.18 Å². The van der Waals surface area contributed by atoms with Gasteiger partial charge in [-0.1, -0.05) is 0 Å². The summed E-state index contributed by atoms with van der Waals surface area (Å²) in [5.74, 6) is 0.0651. The van der Waals surface area contributed by atoms with Gasteiger partial charge < -0.3 is 24.8 Å².